The minimum atomic E-state index is 0.629. The van der Waals surface area contributed by atoms with Crippen molar-refractivity contribution in [1.82, 2.24) is 14.8 Å². The van der Waals surface area contributed by atoms with Crippen molar-refractivity contribution in [2.24, 2.45) is 0 Å². The van der Waals surface area contributed by atoms with E-state index in [1.54, 1.807) is 18.9 Å². The maximum absolute atomic E-state index is 5.49. The largest absolute Gasteiger partial charge is 0.496 e. The van der Waals surface area contributed by atoms with Crippen molar-refractivity contribution in [3.8, 4) is 17.0 Å². The number of hydrogen-bond acceptors (Lipinski definition) is 4. The van der Waals surface area contributed by atoms with Crippen molar-refractivity contribution in [2.45, 2.75) is 25.3 Å². The van der Waals surface area contributed by atoms with Gasteiger partial charge in [-0.3, -0.25) is 9.67 Å². The number of aryl methyl sites for hydroxylation is 1. The van der Waals surface area contributed by atoms with Crippen molar-refractivity contribution in [1.29, 1.82) is 0 Å². The third-order valence-corrected chi connectivity index (χ3v) is 4.88. The normalized spacial score (nSPS) is 10.8. The van der Waals surface area contributed by atoms with Gasteiger partial charge in [0.1, 0.15) is 5.75 Å². The van der Waals surface area contributed by atoms with Crippen molar-refractivity contribution >= 4 is 11.8 Å². The summed E-state index contributed by atoms with van der Waals surface area (Å²) in [5.41, 5.74) is 5.24. The fraction of sp³-hybridized carbons (Fsp3) is 0.263. The number of aromatic nitrogens is 3. The van der Waals surface area contributed by atoms with Gasteiger partial charge in [0.15, 0.2) is 0 Å². The van der Waals surface area contributed by atoms with E-state index < -0.39 is 0 Å². The molecular weight excluding hydrogens is 318 g/mol. The summed E-state index contributed by atoms with van der Waals surface area (Å²) in [4.78, 5) is 5.78. The molecule has 2 heterocycles. The molecule has 0 spiro atoms. The van der Waals surface area contributed by atoms with Crippen LogP contribution >= 0.6 is 11.8 Å². The zero-order chi connectivity index (χ0) is 17.1. The highest BCUT2D eigenvalue weighted by atomic mass is 32.2. The average Bonchev–Trinajstić information content (AvgIpc) is 3.06. The molecule has 0 aliphatic rings. The number of hydrogen-bond donors (Lipinski definition) is 0. The predicted molar refractivity (Wildman–Crippen MR) is 98.8 cm³/mol. The van der Waals surface area contributed by atoms with Gasteiger partial charge in [-0.1, -0.05) is 18.2 Å². The van der Waals surface area contributed by atoms with Crippen LogP contribution in [0.5, 0.6) is 5.75 Å². The van der Waals surface area contributed by atoms with Crippen molar-refractivity contribution in [3.63, 3.8) is 0 Å². The molecule has 0 aliphatic carbocycles. The molecule has 0 fully saturated rings. The Kier molecular flexibility index (Phi) is 4.90. The molecule has 0 aliphatic heterocycles. The molecule has 0 atom stereocenters. The van der Waals surface area contributed by atoms with Gasteiger partial charge in [-0.15, -0.1) is 11.8 Å². The highest BCUT2D eigenvalue weighted by Gasteiger charge is 2.12. The Morgan fingerprint density at radius 3 is 2.71 bits per heavy atom. The maximum atomic E-state index is 5.49. The number of pyridine rings is 1. The number of rotatable bonds is 5. The minimum absolute atomic E-state index is 0.629. The zero-order valence-electron chi connectivity index (χ0n) is 14.4. The van der Waals surface area contributed by atoms with E-state index in [-0.39, 0.29) is 0 Å². The third-order valence-electron chi connectivity index (χ3n) is 4.09. The summed E-state index contributed by atoms with van der Waals surface area (Å²) >= 11 is 1.73. The number of thioether (sulfide) groups is 1. The van der Waals surface area contributed by atoms with Crippen LogP contribution in [0.4, 0.5) is 0 Å². The lowest BCUT2D eigenvalue weighted by atomic mass is 10.1. The molecule has 0 saturated carbocycles. The van der Waals surface area contributed by atoms with Crippen LogP contribution in [0.1, 0.15) is 16.8 Å². The molecule has 5 heteroatoms. The summed E-state index contributed by atoms with van der Waals surface area (Å²) in [6.45, 7) is 4.68. The van der Waals surface area contributed by atoms with Crippen LogP contribution < -0.4 is 4.74 Å². The topological polar surface area (TPSA) is 39.9 Å². The fourth-order valence-corrected chi connectivity index (χ4v) is 3.44. The van der Waals surface area contributed by atoms with E-state index in [0.29, 0.717) is 6.54 Å². The first kappa shape index (κ1) is 16.6. The van der Waals surface area contributed by atoms with Crippen LogP contribution in [0.15, 0.2) is 47.6 Å². The molecule has 0 radical (unpaired) electrons. The van der Waals surface area contributed by atoms with E-state index in [4.69, 9.17) is 9.84 Å². The Morgan fingerprint density at radius 1 is 1.17 bits per heavy atom. The standard InChI is InChI=1S/C19H21N3OS/c1-13-11-20-17(14(2)19(13)23-3)12-22-10-9-16(21-22)15-7-5-6-8-18(15)24-4/h5-11H,12H2,1-4H3. The SMILES string of the molecule is COc1c(C)cnc(Cn2ccc(-c3ccccc3SC)n2)c1C. The summed E-state index contributed by atoms with van der Waals surface area (Å²) < 4.78 is 7.41. The lowest BCUT2D eigenvalue weighted by Gasteiger charge is -2.12. The van der Waals surface area contributed by atoms with Crippen LogP contribution in [0, 0.1) is 13.8 Å². The van der Waals surface area contributed by atoms with Gasteiger partial charge in [0.2, 0.25) is 0 Å². The molecule has 0 N–H and O–H groups in total. The molecule has 0 amide bonds. The van der Waals surface area contributed by atoms with Gasteiger partial charge in [0, 0.05) is 34.0 Å². The summed E-state index contributed by atoms with van der Waals surface area (Å²) in [5.74, 6) is 0.903. The smallest absolute Gasteiger partial charge is 0.128 e. The molecular formula is C19H21N3OS. The molecule has 0 saturated heterocycles. The Labute approximate surface area is 146 Å². The van der Waals surface area contributed by atoms with E-state index in [2.05, 4.69) is 35.5 Å². The Bertz CT molecular complexity index is 858. The van der Waals surface area contributed by atoms with Crippen LogP contribution in [0.3, 0.4) is 0 Å². The van der Waals surface area contributed by atoms with Gasteiger partial charge in [0.05, 0.1) is 25.0 Å². The van der Waals surface area contributed by atoms with Gasteiger partial charge >= 0.3 is 0 Å². The molecule has 0 unspecified atom stereocenters. The molecule has 4 nitrogen and oxygen atoms in total. The number of nitrogens with zero attached hydrogens (tertiary/aromatic N) is 3. The average molecular weight is 339 g/mol. The highest BCUT2D eigenvalue weighted by Crippen LogP contribution is 2.29. The van der Waals surface area contributed by atoms with E-state index >= 15 is 0 Å². The van der Waals surface area contributed by atoms with Crippen molar-refractivity contribution in [2.75, 3.05) is 13.4 Å². The molecule has 3 rings (SSSR count). The number of methoxy groups -OCH3 is 1. The minimum Gasteiger partial charge on any atom is -0.496 e. The lowest BCUT2D eigenvalue weighted by molar-refractivity contribution is 0.406. The van der Waals surface area contributed by atoms with E-state index in [0.717, 1.165) is 33.8 Å². The van der Waals surface area contributed by atoms with Gasteiger partial charge in [-0.2, -0.15) is 5.10 Å². The van der Waals surface area contributed by atoms with Gasteiger partial charge in [-0.25, -0.2) is 0 Å². The van der Waals surface area contributed by atoms with Gasteiger partial charge < -0.3 is 4.74 Å². The Balaban J connectivity index is 1.90. The second-order valence-electron chi connectivity index (χ2n) is 5.64. The summed E-state index contributed by atoms with van der Waals surface area (Å²) in [6, 6.07) is 10.4. The Hall–Kier alpha value is -2.27. The summed E-state index contributed by atoms with van der Waals surface area (Å²) in [7, 11) is 1.70. The van der Waals surface area contributed by atoms with E-state index in [1.165, 1.54) is 4.90 Å². The summed E-state index contributed by atoms with van der Waals surface area (Å²) in [6.07, 6.45) is 5.94. The van der Waals surface area contributed by atoms with Gasteiger partial charge in [-0.05, 0) is 32.2 Å². The second-order valence-corrected chi connectivity index (χ2v) is 6.49. The van der Waals surface area contributed by atoms with Crippen LogP contribution in [-0.4, -0.2) is 28.1 Å². The molecule has 3 aromatic rings. The fourth-order valence-electron chi connectivity index (χ4n) is 2.83. The quantitative estimate of drug-likeness (QED) is 0.648. The lowest BCUT2D eigenvalue weighted by Crippen LogP contribution is -2.06. The summed E-state index contributed by atoms with van der Waals surface area (Å²) in [5, 5.41) is 4.73. The molecule has 0 bridgehead atoms. The Morgan fingerprint density at radius 2 is 1.96 bits per heavy atom. The van der Waals surface area contributed by atoms with E-state index in [9.17, 15) is 0 Å². The number of benzene rings is 1. The van der Waals surface area contributed by atoms with Gasteiger partial charge in [0.25, 0.3) is 0 Å². The first-order valence-electron chi connectivity index (χ1n) is 7.80. The zero-order valence-corrected chi connectivity index (χ0v) is 15.2. The molecule has 24 heavy (non-hydrogen) atoms. The molecule has 2 aromatic heterocycles. The van der Waals surface area contributed by atoms with Crippen molar-refractivity contribution < 1.29 is 4.74 Å². The van der Waals surface area contributed by atoms with E-state index in [1.807, 2.05) is 37.0 Å². The highest BCUT2D eigenvalue weighted by molar-refractivity contribution is 7.98. The molecule has 1 aromatic carbocycles. The predicted octanol–water partition coefficient (Wildman–Crippen LogP) is 4.34. The third kappa shape index (κ3) is 3.17. The second kappa shape index (κ2) is 7.09. The first-order valence-corrected chi connectivity index (χ1v) is 9.02. The number of ether oxygens (including phenoxy) is 1. The molecule has 124 valence electrons. The van der Waals surface area contributed by atoms with Crippen LogP contribution in [-0.2, 0) is 6.54 Å². The van der Waals surface area contributed by atoms with Crippen LogP contribution in [0.25, 0.3) is 11.3 Å². The van der Waals surface area contributed by atoms with Crippen LogP contribution in [0.2, 0.25) is 0 Å². The first-order chi connectivity index (χ1) is 11.6. The maximum Gasteiger partial charge on any atom is 0.128 e. The monoisotopic (exact) mass is 339 g/mol. The van der Waals surface area contributed by atoms with Crippen molar-refractivity contribution in [3.05, 3.63) is 59.5 Å².